The monoisotopic (exact) mass is 289 g/mol. The van der Waals surface area contributed by atoms with Crippen LogP contribution in [0.15, 0.2) is 54.6 Å². The van der Waals surface area contributed by atoms with Crippen molar-refractivity contribution < 1.29 is 4.74 Å². The van der Waals surface area contributed by atoms with E-state index in [-0.39, 0.29) is 0 Å². The molecule has 2 aromatic rings. The van der Waals surface area contributed by atoms with E-state index in [1.54, 1.807) is 0 Å². The summed E-state index contributed by atoms with van der Waals surface area (Å²) in [7, 11) is 0. The molecule has 20 heavy (non-hydrogen) atoms. The third kappa shape index (κ3) is 4.87. The second-order valence-electron chi connectivity index (χ2n) is 4.89. The van der Waals surface area contributed by atoms with Crippen LogP contribution >= 0.6 is 11.6 Å². The van der Waals surface area contributed by atoms with Crippen molar-refractivity contribution in [2.45, 2.75) is 12.8 Å². The molecule has 0 aromatic heterocycles. The van der Waals surface area contributed by atoms with E-state index in [2.05, 4.69) is 6.07 Å². The molecule has 2 N–H and O–H groups in total. The minimum atomic E-state index is 0.414. The van der Waals surface area contributed by atoms with Gasteiger partial charge in [0.1, 0.15) is 5.75 Å². The number of rotatable bonds is 7. The molecular weight excluding hydrogens is 270 g/mol. The van der Waals surface area contributed by atoms with Gasteiger partial charge in [0, 0.05) is 5.02 Å². The summed E-state index contributed by atoms with van der Waals surface area (Å²) in [5, 5.41) is 0.777. The van der Waals surface area contributed by atoms with Gasteiger partial charge in [-0.15, -0.1) is 0 Å². The van der Waals surface area contributed by atoms with Crippen LogP contribution in [0.1, 0.15) is 12.0 Å². The molecule has 0 aliphatic rings. The smallest absolute Gasteiger partial charge is 0.119 e. The SMILES string of the molecule is NCC(CCOc1ccccc1)Cc1cccc(Cl)c1. The minimum absolute atomic E-state index is 0.414. The zero-order chi connectivity index (χ0) is 14.2. The maximum atomic E-state index is 6.00. The topological polar surface area (TPSA) is 35.2 Å². The normalized spacial score (nSPS) is 12.1. The van der Waals surface area contributed by atoms with Gasteiger partial charge in [-0.1, -0.05) is 41.9 Å². The van der Waals surface area contributed by atoms with Gasteiger partial charge in [0.25, 0.3) is 0 Å². The van der Waals surface area contributed by atoms with Gasteiger partial charge < -0.3 is 10.5 Å². The van der Waals surface area contributed by atoms with E-state index in [0.717, 1.165) is 23.6 Å². The summed E-state index contributed by atoms with van der Waals surface area (Å²) in [5.41, 5.74) is 7.08. The number of hydrogen-bond acceptors (Lipinski definition) is 2. The van der Waals surface area contributed by atoms with Crippen molar-refractivity contribution in [2.24, 2.45) is 11.7 Å². The average Bonchev–Trinajstić information content (AvgIpc) is 2.47. The van der Waals surface area contributed by atoms with Crippen LogP contribution in [0.3, 0.4) is 0 Å². The highest BCUT2D eigenvalue weighted by atomic mass is 35.5. The van der Waals surface area contributed by atoms with Crippen LogP contribution in [0.5, 0.6) is 5.75 Å². The standard InChI is InChI=1S/C17H20ClNO/c18-16-6-4-5-14(12-16)11-15(13-19)9-10-20-17-7-2-1-3-8-17/h1-8,12,15H,9-11,13,19H2. The summed E-state index contributed by atoms with van der Waals surface area (Å²) in [5.74, 6) is 1.32. The molecule has 0 saturated heterocycles. The predicted octanol–water partition coefficient (Wildman–Crippen LogP) is 3.93. The predicted molar refractivity (Wildman–Crippen MR) is 84.3 cm³/mol. The van der Waals surface area contributed by atoms with E-state index in [4.69, 9.17) is 22.1 Å². The van der Waals surface area contributed by atoms with Gasteiger partial charge in [0.05, 0.1) is 6.61 Å². The van der Waals surface area contributed by atoms with E-state index >= 15 is 0 Å². The molecule has 1 unspecified atom stereocenters. The van der Waals surface area contributed by atoms with E-state index in [0.29, 0.717) is 19.1 Å². The van der Waals surface area contributed by atoms with Crippen molar-refractivity contribution >= 4 is 11.6 Å². The van der Waals surface area contributed by atoms with Gasteiger partial charge >= 0.3 is 0 Å². The fraction of sp³-hybridized carbons (Fsp3) is 0.294. The largest absolute Gasteiger partial charge is 0.494 e. The Morgan fingerprint density at radius 3 is 2.55 bits per heavy atom. The van der Waals surface area contributed by atoms with Crippen molar-refractivity contribution in [2.75, 3.05) is 13.2 Å². The minimum Gasteiger partial charge on any atom is -0.494 e. The lowest BCUT2D eigenvalue weighted by atomic mass is 9.97. The first-order valence-electron chi connectivity index (χ1n) is 6.90. The Morgan fingerprint density at radius 1 is 1.05 bits per heavy atom. The Bertz CT molecular complexity index is 515. The second-order valence-corrected chi connectivity index (χ2v) is 5.32. The lowest BCUT2D eigenvalue weighted by Crippen LogP contribution is -2.19. The molecule has 3 heteroatoms. The molecule has 106 valence electrons. The molecule has 0 saturated carbocycles. The van der Waals surface area contributed by atoms with Crippen LogP contribution in [0.25, 0.3) is 0 Å². The first-order chi connectivity index (χ1) is 9.78. The Kier molecular flexibility index (Phi) is 5.90. The van der Waals surface area contributed by atoms with Crippen molar-refractivity contribution in [3.05, 3.63) is 65.2 Å². The Balaban J connectivity index is 1.80. The average molecular weight is 290 g/mol. The zero-order valence-electron chi connectivity index (χ0n) is 11.5. The maximum Gasteiger partial charge on any atom is 0.119 e. The van der Waals surface area contributed by atoms with Gasteiger partial charge in [-0.2, -0.15) is 0 Å². The number of halogens is 1. The van der Waals surface area contributed by atoms with E-state index in [9.17, 15) is 0 Å². The van der Waals surface area contributed by atoms with Crippen molar-refractivity contribution in [3.8, 4) is 5.75 Å². The lowest BCUT2D eigenvalue weighted by molar-refractivity contribution is 0.279. The third-order valence-electron chi connectivity index (χ3n) is 3.28. The number of hydrogen-bond donors (Lipinski definition) is 1. The first-order valence-corrected chi connectivity index (χ1v) is 7.28. The Hall–Kier alpha value is -1.51. The van der Waals surface area contributed by atoms with Gasteiger partial charge in [-0.3, -0.25) is 0 Å². The van der Waals surface area contributed by atoms with Crippen molar-refractivity contribution in [3.63, 3.8) is 0 Å². The molecule has 0 radical (unpaired) electrons. The van der Waals surface area contributed by atoms with Crippen LogP contribution in [0.2, 0.25) is 5.02 Å². The van der Waals surface area contributed by atoms with Crippen LogP contribution in [-0.4, -0.2) is 13.2 Å². The molecule has 0 aliphatic heterocycles. The fourth-order valence-electron chi connectivity index (χ4n) is 2.16. The van der Waals surface area contributed by atoms with Crippen LogP contribution < -0.4 is 10.5 Å². The van der Waals surface area contributed by atoms with Gasteiger partial charge in [-0.05, 0) is 55.1 Å². The van der Waals surface area contributed by atoms with Gasteiger partial charge in [-0.25, -0.2) is 0 Å². The van der Waals surface area contributed by atoms with Gasteiger partial charge in [0.2, 0.25) is 0 Å². The molecule has 0 fully saturated rings. The zero-order valence-corrected chi connectivity index (χ0v) is 12.2. The first kappa shape index (κ1) is 14.9. The highest BCUT2D eigenvalue weighted by Gasteiger charge is 2.08. The van der Waals surface area contributed by atoms with Gasteiger partial charge in [0.15, 0.2) is 0 Å². The number of nitrogens with two attached hydrogens (primary N) is 1. The maximum absolute atomic E-state index is 6.00. The number of ether oxygens (including phenoxy) is 1. The fourth-order valence-corrected chi connectivity index (χ4v) is 2.37. The highest BCUT2D eigenvalue weighted by Crippen LogP contribution is 2.17. The summed E-state index contributed by atoms with van der Waals surface area (Å²) < 4.78 is 5.72. The van der Waals surface area contributed by atoms with Crippen LogP contribution in [0.4, 0.5) is 0 Å². The molecule has 2 aromatic carbocycles. The van der Waals surface area contributed by atoms with Crippen LogP contribution in [0, 0.1) is 5.92 Å². The van der Waals surface area contributed by atoms with E-state index in [1.165, 1.54) is 5.56 Å². The number of para-hydroxylation sites is 1. The van der Waals surface area contributed by atoms with Crippen molar-refractivity contribution in [1.82, 2.24) is 0 Å². The molecular formula is C17H20ClNO. The highest BCUT2D eigenvalue weighted by molar-refractivity contribution is 6.30. The molecule has 1 atom stereocenters. The summed E-state index contributed by atoms with van der Waals surface area (Å²) in [6.45, 7) is 1.34. The summed E-state index contributed by atoms with van der Waals surface area (Å²) in [4.78, 5) is 0. The molecule has 2 rings (SSSR count). The van der Waals surface area contributed by atoms with E-state index in [1.807, 2.05) is 48.5 Å². The molecule has 0 amide bonds. The molecule has 2 nitrogen and oxygen atoms in total. The second kappa shape index (κ2) is 7.93. The van der Waals surface area contributed by atoms with E-state index < -0.39 is 0 Å². The summed E-state index contributed by atoms with van der Waals surface area (Å²) >= 11 is 6.00. The third-order valence-corrected chi connectivity index (χ3v) is 3.52. The molecule has 0 bridgehead atoms. The number of benzene rings is 2. The van der Waals surface area contributed by atoms with Crippen LogP contribution in [-0.2, 0) is 6.42 Å². The quantitative estimate of drug-likeness (QED) is 0.838. The molecule has 0 heterocycles. The molecule has 0 spiro atoms. The Morgan fingerprint density at radius 2 is 1.85 bits per heavy atom. The summed E-state index contributed by atoms with van der Waals surface area (Å²) in [6.07, 6.45) is 1.88. The van der Waals surface area contributed by atoms with Crippen molar-refractivity contribution in [1.29, 1.82) is 0 Å². The summed E-state index contributed by atoms with van der Waals surface area (Å²) in [6, 6.07) is 17.8. The Labute approximate surface area is 125 Å². The lowest BCUT2D eigenvalue weighted by Gasteiger charge is -2.15. The molecule has 0 aliphatic carbocycles.